The molecule has 5 heteroatoms. The first-order chi connectivity index (χ1) is 10.3. The van der Waals surface area contributed by atoms with Gasteiger partial charge >= 0.3 is 0 Å². The number of hydrogen-bond acceptors (Lipinski definition) is 3. The Morgan fingerprint density at radius 3 is 2.59 bits per heavy atom. The van der Waals surface area contributed by atoms with E-state index in [0.29, 0.717) is 19.6 Å². The largest absolute Gasteiger partial charge is 0.389 e. The molecule has 22 heavy (non-hydrogen) atoms. The van der Waals surface area contributed by atoms with Crippen LogP contribution in [0.15, 0.2) is 24.3 Å². The van der Waals surface area contributed by atoms with E-state index in [2.05, 4.69) is 17.3 Å². The maximum atomic E-state index is 9.77. The molecule has 2 aromatic rings. The van der Waals surface area contributed by atoms with Crippen molar-refractivity contribution in [1.29, 1.82) is 0 Å². The Morgan fingerprint density at radius 1 is 1.27 bits per heavy atom. The minimum absolute atomic E-state index is 0.543. The van der Waals surface area contributed by atoms with Gasteiger partial charge in [0.05, 0.1) is 17.8 Å². The number of nitrogens with one attached hydrogen (secondary N) is 1. The highest BCUT2D eigenvalue weighted by Gasteiger charge is 2.15. The molecule has 0 amide bonds. The van der Waals surface area contributed by atoms with Gasteiger partial charge < -0.3 is 10.4 Å². The van der Waals surface area contributed by atoms with Crippen LogP contribution >= 0.6 is 11.6 Å². The number of aliphatic hydroxyl groups is 1. The van der Waals surface area contributed by atoms with Gasteiger partial charge in [0.1, 0.15) is 0 Å². The van der Waals surface area contributed by atoms with Crippen LogP contribution in [0.25, 0.3) is 0 Å². The molecule has 0 unspecified atom stereocenters. The number of aromatic nitrogens is 2. The van der Waals surface area contributed by atoms with E-state index in [4.69, 9.17) is 11.6 Å². The van der Waals surface area contributed by atoms with Gasteiger partial charge in [0, 0.05) is 29.4 Å². The Bertz CT molecular complexity index is 644. The predicted molar refractivity (Wildman–Crippen MR) is 90.3 cm³/mol. The molecule has 4 nitrogen and oxygen atoms in total. The van der Waals surface area contributed by atoms with Crippen LogP contribution in [0.2, 0.25) is 5.02 Å². The third-order valence-electron chi connectivity index (χ3n) is 3.67. The first kappa shape index (κ1) is 17.0. The Labute approximate surface area is 137 Å². The minimum Gasteiger partial charge on any atom is -0.389 e. The molecule has 2 rings (SSSR count). The van der Waals surface area contributed by atoms with Gasteiger partial charge in [-0.15, -0.1) is 0 Å². The Kier molecular flexibility index (Phi) is 5.27. The van der Waals surface area contributed by atoms with E-state index in [1.165, 1.54) is 5.56 Å². The van der Waals surface area contributed by atoms with E-state index in [1.807, 2.05) is 35.9 Å². The third-order valence-corrected chi connectivity index (χ3v) is 4.04. The summed E-state index contributed by atoms with van der Waals surface area (Å²) >= 11 is 6.23. The van der Waals surface area contributed by atoms with Gasteiger partial charge in [0.15, 0.2) is 0 Å². The summed E-state index contributed by atoms with van der Waals surface area (Å²) in [7, 11) is 0. The zero-order valence-corrected chi connectivity index (χ0v) is 14.4. The lowest BCUT2D eigenvalue weighted by Gasteiger charge is -2.17. The summed E-state index contributed by atoms with van der Waals surface area (Å²) in [6.45, 7) is 9.57. The van der Waals surface area contributed by atoms with Crippen molar-refractivity contribution >= 4 is 11.6 Å². The van der Waals surface area contributed by atoms with Crippen LogP contribution in [0.3, 0.4) is 0 Å². The fourth-order valence-electron chi connectivity index (χ4n) is 2.43. The average molecular weight is 322 g/mol. The smallest absolute Gasteiger partial charge is 0.0715 e. The normalized spacial score (nSPS) is 11.9. The van der Waals surface area contributed by atoms with Gasteiger partial charge in [0.2, 0.25) is 0 Å². The molecular weight excluding hydrogens is 298 g/mol. The van der Waals surface area contributed by atoms with Crippen LogP contribution in [-0.4, -0.2) is 27.0 Å². The van der Waals surface area contributed by atoms with Crippen LogP contribution in [0.4, 0.5) is 0 Å². The lowest BCUT2D eigenvalue weighted by molar-refractivity contribution is 0.0794. The van der Waals surface area contributed by atoms with Crippen LogP contribution in [0.5, 0.6) is 0 Å². The monoisotopic (exact) mass is 321 g/mol. The molecule has 0 aliphatic rings. The van der Waals surface area contributed by atoms with Gasteiger partial charge in [-0.2, -0.15) is 5.10 Å². The molecule has 0 aliphatic heterocycles. The average Bonchev–Trinajstić information content (AvgIpc) is 2.67. The standard InChI is InChI=1S/C17H24ClN3O/c1-12-15(9-19-11-17(3,4)22)13(2)21(20-12)10-14-7-5-6-8-16(14)18/h5-8,19,22H,9-11H2,1-4H3. The first-order valence-electron chi connectivity index (χ1n) is 7.47. The molecule has 0 bridgehead atoms. The summed E-state index contributed by atoms with van der Waals surface area (Å²) in [6, 6.07) is 7.83. The number of rotatable bonds is 6. The number of halogens is 1. The molecule has 0 spiro atoms. The van der Waals surface area contributed by atoms with Crippen molar-refractivity contribution < 1.29 is 5.11 Å². The number of hydrogen-bond donors (Lipinski definition) is 2. The highest BCUT2D eigenvalue weighted by Crippen LogP contribution is 2.19. The molecule has 2 N–H and O–H groups in total. The molecule has 0 fully saturated rings. The highest BCUT2D eigenvalue weighted by atomic mass is 35.5. The van der Waals surface area contributed by atoms with E-state index < -0.39 is 5.60 Å². The van der Waals surface area contributed by atoms with Crippen LogP contribution in [0, 0.1) is 13.8 Å². The van der Waals surface area contributed by atoms with Crippen molar-refractivity contribution in [2.45, 2.75) is 46.4 Å². The Hall–Kier alpha value is -1.36. The van der Waals surface area contributed by atoms with Crippen molar-refractivity contribution in [1.82, 2.24) is 15.1 Å². The summed E-state index contributed by atoms with van der Waals surface area (Å²) in [5.41, 5.74) is 3.66. The summed E-state index contributed by atoms with van der Waals surface area (Å²) in [5.74, 6) is 0. The van der Waals surface area contributed by atoms with Crippen molar-refractivity contribution in [3.05, 3.63) is 51.8 Å². The van der Waals surface area contributed by atoms with Crippen LogP contribution in [0.1, 0.15) is 36.4 Å². The van der Waals surface area contributed by atoms with E-state index >= 15 is 0 Å². The molecule has 1 heterocycles. The summed E-state index contributed by atoms with van der Waals surface area (Å²) in [5, 5.41) is 18.4. The van der Waals surface area contributed by atoms with Gasteiger partial charge in [-0.3, -0.25) is 4.68 Å². The van der Waals surface area contributed by atoms with Crippen LogP contribution < -0.4 is 5.32 Å². The second-order valence-electron chi connectivity index (χ2n) is 6.31. The van der Waals surface area contributed by atoms with Crippen molar-refractivity contribution in [2.75, 3.05) is 6.54 Å². The lowest BCUT2D eigenvalue weighted by Crippen LogP contribution is -2.34. The molecule has 1 aromatic heterocycles. The zero-order chi connectivity index (χ0) is 16.3. The maximum absolute atomic E-state index is 9.77. The fourth-order valence-corrected chi connectivity index (χ4v) is 2.62. The van der Waals surface area contributed by atoms with Crippen molar-refractivity contribution in [2.24, 2.45) is 0 Å². The Morgan fingerprint density at radius 2 is 1.95 bits per heavy atom. The molecule has 0 saturated carbocycles. The van der Waals surface area contributed by atoms with E-state index in [1.54, 1.807) is 13.8 Å². The van der Waals surface area contributed by atoms with Crippen molar-refractivity contribution in [3.8, 4) is 0 Å². The molecule has 0 saturated heterocycles. The third kappa shape index (κ3) is 4.32. The summed E-state index contributed by atoms with van der Waals surface area (Å²) < 4.78 is 1.98. The first-order valence-corrected chi connectivity index (χ1v) is 7.85. The summed E-state index contributed by atoms with van der Waals surface area (Å²) in [6.07, 6.45) is 0. The number of benzene rings is 1. The minimum atomic E-state index is -0.713. The molecule has 120 valence electrons. The van der Waals surface area contributed by atoms with Crippen molar-refractivity contribution in [3.63, 3.8) is 0 Å². The quantitative estimate of drug-likeness (QED) is 0.859. The van der Waals surface area contributed by atoms with E-state index in [9.17, 15) is 5.11 Å². The van der Waals surface area contributed by atoms with Gasteiger partial charge in [-0.1, -0.05) is 29.8 Å². The molecular formula is C17H24ClN3O. The SMILES string of the molecule is Cc1nn(Cc2ccccc2Cl)c(C)c1CNCC(C)(C)O. The fraction of sp³-hybridized carbons (Fsp3) is 0.471. The highest BCUT2D eigenvalue weighted by molar-refractivity contribution is 6.31. The van der Waals surface area contributed by atoms with E-state index in [0.717, 1.165) is 22.0 Å². The molecule has 0 atom stereocenters. The second kappa shape index (κ2) is 6.82. The molecule has 0 aliphatic carbocycles. The predicted octanol–water partition coefficient (Wildman–Crippen LogP) is 3.06. The molecule has 0 radical (unpaired) electrons. The molecule has 1 aromatic carbocycles. The van der Waals surface area contributed by atoms with Crippen LogP contribution in [-0.2, 0) is 13.1 Å². The summed E-state index contributed by atoms with van der Waals surface area (Å²) in [4.78, 5) is 0. The topological polar surface area (TPSA) is 50.1 Å². The number of aryl methyl sites for hydroxylation is 1. The Balaban J connectivity index is 2.12. The maximum Gasteiger partial charge on any atom is 0.0715 e. The number of nitrogens with zero attached hydrogens (tertiary/aromatic N) is 2. The zero-order valence-electron chi connectivity index (χ0n) is 13.7. The van der Waals surface area contributed by atoms with Gasteiger partial charge in [-0.25, -0.2) is 0 Å². The lowest BCUT2D eigenvalue weighted by atomic mass is 10.1. The van der Waals surface area contributed by atoms with Gasteiger partial charge in [0.25, 0.3) is 0 Å². The van der Waals surface area contributed by atoms with Gasteiger partial charge in [-0.05, 0) is 39.3 Å². The van der Waals surface area contributed by atoms with E-state index in [-0.39, 0.29) is 0 Å². The second-order valence-corrected chi connectivity index (χ2v) is 6.72.